The maximum atomic E-state index is 13.6. The number of halogens is 1. The summed E-state index contributed by atoms with van der Waals surface area (Å²) < 4.78 is 18.6. The fourth-order valence-electron chi connectivity index (χ4n) is 2.14. The molecule has 1 aromatic rings. The second kappa shape index (κ2) is 5.87. The van der Waals surface area contributed by atoms with E-state index in [1.807, 2.05) is 6.07 Å². The molecule has 1 N–H and O–H groups in total. The number of nitrogens with zero attached hydrogens (tertiary/aromatic N) is 1. The summed E-state index contributed by atoms with van der Waals surface area (Å²) in [7, 11) is 1.49. The molecule has 0 radical (unpaired) electrons. The fourth-order valence-corrected chi connectivity index (χ4v) is 2.14. The molecule has 0 unspecified atom stereocenters. The minimum absolute atomic E-state index is 0.287. The van der Waals surface area contributed by atoms with Crippen molar-refractivity contribution in [1.29, 1.82) is 0 Å². The van der Waals surface area contributed by atoms with Crippen molar-refractivity contribution < 1.29 is 9.13 Å². The van der Waals surface area contributed by atoms with E-state index < -0.39 is 0 Å². The maximum absolute atomic E-state index is 13.6. The molecule has 2 rings (SSSR count). The van der Waals surface area contributed by atoms with Gasteiger partial charge in [0.15, 0.2) is 11.6 Å². The van der Waals surface area contributed by atoms with Crippen LogP contribution in [0.25, 0.3) is 0 Å². The Kier molecular flexibility index (Phi) is 4.20. The highest BCUT2D eigenvalue weighted by atomic mass is 19.1. The number of methoxy groups -OCH3 is 1. The second-order valence-corrected chi connectivity index (χ2v) is 4.26. The van der Waals surface area contributed by atoms with E-state index in [1.165, 1.54) is 7.11 Å². The number of ether oxygens (including phenoxy) is 1. The van der Waals surface area contributed by atoms with E-state index in [9.17, 15) is 4.39 Å². The maximum Gasteiger partial charge on any atom is 0.167 e. The summed E-state index contributed by atoms with van der Waals surface area (Å²) in [5, 5.41) is 3.37. The lowest BCUT2D eigenvalue weighted by Gasteiger charge is -2.27. The molecule has 0 atom stereocenters. The average molecular weight is 238 g/mol. The van der Waals surface area contributed by atoms with E-state index in [2.05, 4.69) is 10.2 Å². The number of hydrogen-bond donors (Lipinski definition) is 1. The summed E-state index contributed by atoms with van der Waals surface area (Å²) in [4.78, 5) is 2.24. The molecule has 0 amide bonds. The molecule has 4 heteroatoms. The van der Waals surface area contributed by atoms with Gasteiger partial charge in [0.05, 0.1) is 7.11 Å². The summed E-state index contributed by atoms with van der Waals surface area (Å²) in [6, 6.07) is 5.19. The SMILES string of the molecule is COc1ccc(N2CCCNCCC2)cc1F. The number of benzene rings is 1. The standard InChI is InChI=1S/C13H19FN2O/c1-17-13-5-4-11(10-12(13)14)16-8-2-6-15-7-3-9-16/h4-5,10,15H,2-3,6-9H2,1H3. The van der Waals surface area contributed by atoms with Gasteiger partial charge >= 0.3 is 0 Å². The first kappa shape index (κ1) is 12.2. The summed E-state index contributed by atoms with van der Waals surface area (Å²) in [5.74, 6) is 0.0210. The summed E-state index contributed by atoms with van der Waals surface area (Å²) in [6.45, 7) is 4.02. The van der Waals surface area contributed by atoms with Crippen LogP contribution in [0.5, 0.6) is 5.75 Å². The van der Waals surface area contributed by atoms with Gasteiger partial charge in [-0.2, -0.15) is 0 Å². The topological polar surface area (TPSA) is 24.5 Å². The van der Waals surface area contributed by atoms with E-state index in [-0.39, 0.29) is 5.82 Å². The van der Waals surface area contributed by atoms with Gasteiger partial charge in [-0.1, -0.05) is 0 Å². The van der Waals surface area contributed by atoms with Crippen LogP contribution in [0.3, 0.4) is 0 Å². The normalized spacial score (nSPS) is 17.4. The Labute approximate surface area is 102 Å². The number of nitrogens with one attached hydrogen (secondary N) is 1. The van der Waals surface area contributed by atoms with Crippen molar-refractivity contribution in [3.05, 3.63) is 24.0 Å². The Hall–Kier alpha value is -1.29. The van der Waals surface area contributed by atoms with Gasteiger partial charge in [-0.05, 0) is 38.1 Å². The first-order valence-electron chi connectivity index (χ1n) is 6.10. The number of anilines is 1. The van der Waals surface area contributed by atoms with Crippen molar-refractivity contribution in [2.45, 2.75) is 12.8 Å². The lowest BCUT2D eigenvalue weighted by Crippen LogP contribution is -2.33. The Morgan fingerprint density at radius 1 is 1.24 bits per heavy atom. The lowest BCUT2D eigenvalue weighted by atomic mass is 10.2. The molecule has 1 aliphatic rings. The van der Waals surface area contributed by atoms with Crippen LogP contribution in [-0.4, -0.2) is 33.3 Å². The van der Waals surface area contributed by atoms with Crippen LogP contribution in [0.2, 0.25) is 0 Å². The van der Waals surface area contributed by atoms with Crippen molar-refractivity contribution in [3.8, 4) is 5.75 Å². The molecule has 0 aromatic heterocycles. The summed E-state index contributed by atoms with van der Waals surface area (Å²) in [6.07, 6.45) is 2.18. The van der Waals surface area contributed by atoms with E-state index >= 15 is 0 Å². The van der Waals surface area contributed by atoms with Crippen LogP contribution in [0, 0.1) is 5.82 Å². The minimum atomic E-state index is -0.287. The van der Waals surface area contributed by atoms with Crippen LogP contribution in [0.15, 0.2) is 18.2 Å². The third-order valence-electron chi connectivity index (χ3n) is 3.06. The first-order valence-corrected chi connectivity index (χ1v) is 6.10. The molecule has 17 heavy (non-hydrogen) atoms. The largest absolute Gasteiger partial charge is 0.494 e. The van der Waals surface area contributed by atoms with Crippen molar-refractivity contribution in [3.63, 3.8) is 0 Å². The molecule has 1 fully saturated rings. The molecule has 1 aromatic carbocycles. The molecule has 3 nitrogen and oxygen atoms in total. The lowest BCUT2D eigenvalue weighted by molar-refractivity contribution is 0.386. The van der Waals surface area contributed by atoms with Gasteiger partial charge in [-0.25, -0.2) is 4.39 Å². The smallest absolute Gasteiger partial charge is 0.167 e. The van der Waals surface area contributed by atoms with Crippen LogP contribution < -0.4 is 15.0 Å². The first-order chi connectivity index (χ1) is 8.31. The zero-order valence-corrected chi connectivity index (χ0v) is 10.2. The van der Waals surface area contributed by atoms with Crippen LogP contribution in [0.4, 0.5) is 10.1 Å². The zero-order chi connectivity index (χ0) is 12.1. The third kappa shape index (κ3) is 3.09. The second-order valence-electron chi connectivity index (χ2n) is 4.26. The molecule has 1 heterocycles. The van der Waals surface area contributed by atoms with Gasteiger partial charge in [-0.15, -0.1) is 0 Å². The molecular formula is C13H19FN2O. The quantitative estimate of drug-likeness (QED) is 0.853. The molecule has 0 aliphatic carbocycles. The predicted octanol–water partition coefficient (Wildman–Crippen LogP) is 2.02. The van der Waals surface area contributed by atoms with E-state index in [4.69, 9.17) is 4.74 Å². The van der Waals surface area contributed by atoms with E-state index in [0.717, 1.165) is 44.7 Å². The number of rotatable bonds is 2. The van der Waals surface area contributed by atoms with Gasteiger partial charge in [0.2, 0.25) is 0 Å². The Morgan fingerprint density at radius 2 is 1.94 bits per heavy atom. The van der Waals surface area contributed by atoms with Crippen molar-refractivity contribution in [2.75, 3.05) is 38.2 Å². The van der Waals surface area contributed by atoms with E-state index in [0.29, 0.717) is 5.75 Å². The minimum Gasteiger partial charge on any atom is -0.494 e. The predicted molar refractivity (Wildman–Crippen MR) is 67.3 cm³/mol. The van der Waals surface area contributed by atoms with Gasteiger partial charge in [0, 0.05) is 24.8 Å². The van der Waals surface area contributed by atoms with Crippen molar-refractivity contribution in [1.82, 2.24) is 5.32 Å². The summed E-state index contributed by atoms with van der Waals surface area (Å²) >= 11 is 0. The van der Waals surface area contributed by atoms with Crippen LogP contribution in [0.1, 0.15) is 12.8 Å². The highest BCUT2D eigenvalue weighted by Crippen LogP contribution is 2.24. The molecule has 94 valence electrons. The molecule has 0 spiro atoms. The molecule has 1 saturated heterocycles. The summed E-state index contributed by atoms with van der Waals surface area (Å²) in [5.41, 5.74) is 0.949. The Morgan fingerprint density at radius 3 is 2.53 bits per heavy atom. The van der Waals surface area contributed by atoms with Gasteiger partial charge in [-0.3, -0.25) is 0 Å². The fraction of sp³-hybridized carbons (Fsp3) is 0.538. The van der Waals surface area contributed by atoms with Crippen molar-refractivity contribution in [2.24, 2.45) is 0 Å². The molecular weight excluding hydrogens is 219 g/mol. The number of hydrogen-bond acceptors (Lipinski definition) is 3. The zero-order valence-electron chi connectivity index (χ0n) is 10.2. The van der Waals surface area contributed by atoms with E-state index in [1.54, 1.807) is 12.1 Å². The third-order valence-corrected chi connectivity index (χ3v) is 3.06. The van der Waals surface area contributed by atoms with Crippen molar-refractivity contribution >= 4 is 5.69 Å². The monoisotopic (exact) mass is 238 g/mol. The highest BCUT2D eigenvalue weighted by molar-refractivity contribution is 5.49. The van der Waals surface area contributed by atoms with Gasteiger partial charge in [0.1, 0.15) is 0 Å². The highest BCUT2D eigenvalue weighted by Gasteiger charge is 2.11. The molecule has 1 aliphatic heterocycles. The van der Waals surface area contributed by atoms with Gasteiger partial charge in [0.25, 0.3) is 0 Å². The average Bonchev–Trinajstić information content (AvgIpc) is 2.28. The molecule has 0 saturated carbocycles. The van der Waals surface area contributed by atoms with Gasteiger partial charge < -0.3 is 15.0 Å². The Bertz CT molecular complexity index is 362. The Balaban J connectivity index is 2.11. The van der Waals surface area contributed by atoms with Crippen LogP contribution >= 0.6 is 0 Å². The molecule has 0 bridgehead atoms. The van der Waals surface area contributed by atoms with Crippen LogP contribution in [-0.2, 0) is 0 Å².